The van der Waals surface area contributed by atoms with Crippen molar-refractivity contribution in [1.82, 2.24) is 5.01 Å². The van der Waals surface area contributed by atoms with Crippen molar-refractivity contribution < 1.29 is 0 Å². The molecule has 0 heterocycles. The van der Waals surface area contributed by atoms with Gasteiger partial charge in [-0.25, -0.2) is 0 Å². The number of nitrogens with zero attached hydrogens (tertiary/aromatic N) is 2. The standard InChI is InChI=1S/C12H18N2/c1-5-12(2)10-8-6-7-9(10)11(12)13-14(3)4/h5-6,8-10H,1,7H2,2-4H3/b13-11-/t9-,10+,12-/m1/s1. The zero-order valence-corrected chi connectivity index (χ0v) is 9.20. The van der Waals surface area contributed by atoms with E-state index in [1.165, 1.54) is 5.71 Å². The van der Waals surface area contributed by atoms with Crippen molar-refractivity contribution in [3.63, 3.8) is 0 Å². The van der Waals surface area contributed by atoms with Crippen molar-refractivity contribution in [2.45, 2.75) is 13.3 Å². The maximum absolute atomic E-state index is 4.59. The quantitative estimate of drug-likeness (QED) is 0.482. The summed E-state index contributed by atoms with van der Waals surface area (Å²) >= 11 is 0. The molecule has 0 spiro atoms. The molecule has 2 rings (SSSR count). The minimum Gasteiger partial charge on any atom is -0.303 e. The van der Waals surface area contributed by atoms with Crippen LogP contribution in [0.25, 0.3) is 0 Å². The first-order valence-corrected chi connectivity index (χ1v) is 5.16. The maximum Gasteiger partial charge on any atom is 0.0523 e. The Kier molecular flexibility index (Phi) is 2.02. The summed E-state index contributed by atoms with van der Waals surface area (Å²) in [6.07, 6.45) is 7.79. The zero-order chi connectivity index (χ0) is 10.3. The zero-order valence-electron chi connectivity index (χ0n) is 9.20. The van der Waals surface area contributed by atoms with Gasteiger partial charge in [0.15, 0.2) is 0 Å². The van der Waals surface area contributed by atoms with Gasteiger partial charge in [0.05, 0.1) is 5.71 Å². The first-order valence-electron chi connectivity index (χ1n) is 5.16. The molecule has 0 aromatic rings. The minimum absolute atomic E-state index is 0.0991. The topological polar surface area (TPSA) is 15.6 Å². The second-order valence-corrected chi connectivity index (χ2v) is 4.62. The third kappa shape index (κ3) is 1.06. The lowest BCUT2D eigenvalue weighted by Crippen LogP contribution is -2.53. The van der Waals surface area contributed by atoms with Gasteiger partial charge in [0.2, 0.25) is 0 Å². The van der Waals surface area contributed by atoms with Crippen LogP contribution < -0.4 is 0 Å². The second kappa shape index (κ2) is 2.97. The monoisotopic (exact) mass is 190 g/mol. The van der Waals surface area contributed by atoms with Crippen LogP contribution in [-0.4, -0.2) is 24.8 Å². The Hall–Kier alpha value is -1.05. The molecule has 2 heteroatoms. The highest BCUT2D eigenvalue weighted by Crippen LogP contribution is 2.54. The van der Waals surface area contributed by atoms with Crippen LogP contribution in [-0.2, 0) is 0 Å². The van der Waals surface area contributed by atoms with Crippen LogP contribution in [0.4, 0.5) is 0 Å². The summed E-state index contributed by atoms with van der Waals surface area (Å²) in [4.78, 5) is 0. The molecular weight excluding hydrogens is 172 g/mol. The molecule has 0 bridgehead atoms. The summed E-state index contributed by atoms with van der Waals surface area (Å²) in [7, 11) is 3.96. The highest BCUT2D eigenvalue weighted by molar-refractivity contribution is 6.01. The van der Waals surface area contributed by atoms with E-state index in [4.69, 9.17) is 0 Å². The van der Waals surface area contributed by atoms with Gasteiger partial charge in [0.25, 0.3) is 0 Å². The van der Waals surface area contributed by atoms with E-state index in [0.717, 1.165) is 6.42 Å². The molecule has 0 unspecified atom stereocenters. The molecule has 0 N–H and O–H groups in total. The summed E-state index contributed by atoms with van der Waals surface area (Å²) in [5.41, 5.74) is 1.40. The van der Waals surface area contributed by atoms with E-state index in [-0.39, 0.29) is 5.41 Å². The van der Waals surface area contributed by atoms with Gasteiger partial charge in [0.1, 0.15) is 0 Å². The van der Waals surface area contributed by atoms with Crippen molar-refractivity contribution in [3.8, 4) is 0 Å². The van der Waals surface area contributed by atoms with Crippen LogP contribution in [0, 0.1) is 17.3 Å². The molecule has 2 aliphatic carbocycles. The predicted octanol–water partition coefficient (Wildman–Crippen LogP) is 2.30. The van der Waals surface area contributed by atoms with Crippen LogP contribution in [0.1, 0.15) is 13.3 Å². The van der Waals surface area contributed by atoms with Crippen molar-refractivity contribution in [2.75, 3.05) is 14.1 Å². The van der Waals surface area contributed by atoms with Crippen molar-refractivity contribution in [2.24, 2.45) is 22.4 Å². The number of hydrogen-bond donors (Lipinski definition) is 0. The van der Waals surface area contributed by atoms with E-state index in [2.05, 4.69) is 30.8 Å². The minimum atomic E-state index is 0.0991. The lowest BCUT2D eigenvalue weighted by Gasteiger charge is -2.49. The summed E-state index contributed by atoms with van der Waals surface area (Å²) in [5.74, 6) is 1.28. The van der Waals surface area contributed by atoms with E-state index in [0.29, 0.717) is 11.8 Å². The molecule has 0 radical (unpaired) electrons. The fourth-order valence-electron chi connectivity index (χ4n) is 2.66. The van der Waals surface area contributed by atoms with Crippen LogP contribution in [0.15, 0.2) is 29.9 Å². The normalized spacial score (nSPS) is 42.1. The molecule has 0 aromatic heterocycles. The molecule has 14 heavy (non-hydrogen) atoms. The first-order chi connectivity index (χ1) is 6.59. The summed E-state index contributed by atoms with van der Waals surface area (Å²) in [6, 6.07) is 0. The molecule has 2 aliphatic rings. The number of fused-ring (bicyclic) bond motifs is 1. The number of rotatable bonds is 2. The molecule has 0 amide bonds. The molecule has 0 aliphatic heterocycles. The molecule has 76 valence electrons. The van der Waals surface area contributed by atoms with Gasteiger partial charge in [-0.2, -0.15) is 5.10 Å². The van der Waals surface area contributed by atoms with Crippen molar-refractivity contribution in [1.29, 1.82) is 0 Å². The summed E-state index contributed by atoms with van der Waals surface area (Å²) < 4.78 is 0. The first kappa shape index (κ1) is 9.50. The Balaban J connectivity index is 2.30. The molecule has 0 aromatic carbocycles. The van der Waals surface area contributed by atoms with E-state index < -0.39 is 0 Å². The lowest BCUT2D eigenvalue weighted by atomic mass is 9.54. The predicted molar refractivity (Wildman–Crippen MR) is 60.2 cm³/mol. The lowest BCUT2D eigenvalue weighted by molar-refractivity contribution is 0.258. The molecule has 1 fully saturated rings. The molecule has 2 nitrogen and oxygen atoms in total. The highest BCUT2D eigenvalue weighted by Gasteiger charge is 2.54. The van der Waals surface area contributed by atoms with Gasteiger partial charge in [-0.15, -0.1) is 6.58 Å². The maximum atomic E-state index is 4.59. The van der Waals surface area contributed by atoms with Gasteiger partial charge in [-0.05, 0) is 12.3 Å². The molecule has 0 saturated heterocycles. The Morgan fingerprint density at radius 3 is 2.93 bits per heavy atom. The summed E-state index contributed by atoms with van der Waals surface area (Å²) in [5, 5.41) is 6.48. The van der Waals surface area contributed by atoms with Crippen LogP contribution in [0.3, 0.4) is 0 Å². The fraction of sp³-hybridized carbons (Fsp3) is 0.583. The Morgan fingerprint density at radius 2 is 2.36 bits per heavy atom. The van der Waals surface area contributed by atoms with E-state index in [9.17, 15) is 0 Å². The van der Waals surface area contributed by atoms with Crippen LogP contribution >= 0.6 is 0 Å². The average Bonchev–Trinajstić information content (AvgIpc) is 2.58. The van der Waals surface area contributed by atoms with Crippen LogP contribution in [0.2, 0.25) is 0 Å². The van der Waals surface area contributed by atoms with Gasteiger partial charge in [-0.1, -0.05) is 25.2 Å². The molecule has 3 atom stereocenters. The number of hydrazone groups is 1. The molecular formula is C12H18N2. The van der Waals surface area contributed by atoms with Gasteiger partial charge < -0.3 is 5.01 Å². The van der Waals surface area contributed by atoms with E-state index >= 15 is 0 Å². The Labute approximate surface area is 86.0 Å². The van der Waals surface area contributed by atoms with E-state index in [1.54, 1.807) is 0 Å². The fourth-order valence-corrected chi connectivity index (χ4v) is 2.66. The average molecular weight is 190 g/mol. The Morgan fingerprint density at radius 1 is 1.64 bits per heavy atom. The van der Waals surface area contributed by atoms with Crippen LogP contribution in [0.5, 0.6) is 0 Å². The van der Waals surface area contributed by atoms with E-state index in [1.807, 2.05) is 25.2 Å². The third-order valence-electron chi connectivity index (χ3n) is 3.49. The SMILES string of the molecule is C=C[C@@]1(C)/C(=N\N(C)C)[C@@H]2CC=C[C@@H]21. The third-order valence-corrected chi connectivity index (χ3v) is 3.49. The highest BCUT2D eigenvalue weighted by atomic mass is 15.4. The van der Waals surface area contributed by atoms with Gasteiger partial charge >= 0.3 is 0 Å². The Bertz CT molecular complexity index is 314. The smallest absolute Gasteiger partial charge is 0.0523 e. The summed E-state index contributed by atoms with van der Waals surface area (Å²) in [6.45, 7) is 6.17. The van der Waals surface area contributed by atoms with Crippen molar-refractivity contribution >= 4 is 5.71 Å². The van der Waals surface area contributed by atoms with Gasteiger partial charge in [-0.3, -0.25) is 0 Å². The largest absolute Gasteiger partial charge is 0.303 e. The molecule has 1 saturated carbocycles. The second-order valence-electron chi connectivity index (χ2n) is 4.62. The van der Waals surface area contributed by atoms with Gasteiger partial charge in [0, 0.05) is 25.4 Å². The van der Waals surface area contributed by atoms with Crippen molar-refractivity contribution in [3.05, 3.63) is 24.8 Å². The number of allylic oxidation sites excluding steroid dienone is 3. The number of hydrogen-bond acceptors (Lipinski definition) is 2.